The molecule has 164 valence electrons. The second-order valence-corrected chi connectivity index (χ2v) is 11.5. The highest BCUT2D eigenvalue weighted by molar-refractivity contribution is 7.92. The van der Waals surface area contributed by atoms with Crippen LogP contribution in [0.4, 0.5) is 0 Å². The minimum absolute atomic E-state index is 0.345. The van der Waals surface area contributed by atoms with E-state index >= 15 is 0 Å². The fourth-order valence-corrected chi connectivity index (χ4v) is 6.41. The number of aryl methyl sites for hydroxylation is 2. The zero-order valence-corrected chi connectivity index (χ0v) is 19.6. The van der Waals surface area contributed by atoms with E-state index in [-0.39, 0.29) is 0 Å². The lowest BCUT2D eigenvalue weighted by Crippen LogP contribution is -2.45. The van der Waals surface area contributed by atoms with Crippen LogP contribution in [-0.2, 0) is 26.0 Å². The van der Waals surface area contributed by atoms with Gasteiger partial charge in [0.15, 0.2) is 14.6 Å². The molecule has 0 spiro atoms. The number of thiazole rings is 1. The van der Waals surface area contributed by atoms with Crippen molar-refractivity contribution >= 4 is 43.2 Å². The summed E-state index contributed by atoms with van der Waals surface area (Å²) >= 11 is 1.36. The average Bonchev–Trinajstić information content (AvgIpc) is 2.95. The molecule has 0 radical (unpaired) electrons. The van der Waals surface area contributed by atoms with Crippen molar-refractivity contribution in [2.45, 2.75) is 40.7 Å². The zero-order valence-electron chi connectivity index (χ0n) is 17.9. The summed E-state index contributed by atoms with van der Waals surface area (Å²) in [4.78, 5) is 31.1. The molecule has 1 saturated heterocycles. The van der Waals surface area contributed by atoms with Gasteiger partial charge in [0.2, 0.25) is 5.91 Å². The molecule has 1 aliphatic heterocycles. The summed E-state index contributed by atoms with van der Waals surface area (Å²) in [6.07, 6.45) is 1.03. The van der Waals surface area contributed by atoms with Gasteiger partial charge in [-0.3, -0.25) is 9.59 Å². The van der Waals surface area contributed by atoms with E-state index in [9.17, 15) is 18.0 Å². The highest BCUT2D eigenvalue weighted by Gasteiger charge is 2.29. The highest BCUT2D eigenvalue weighted by Crippen LogP contribution is 2.21. The Balaban J connectivity index is 1.75. The van der Waals surface area contributed by atoms with Crippen molar-refractivity contribution < 1.29 is 18.0 Å². The first-order chi connectivity index (χ1) is 14.1. The van der Waals surface area contributed by atoms with E-state index in [0.717, 1.165) is 22.2 Å². The fourth-order valence-electron chi connectivity index (χ4n) is 4.10. The van der Waals surface area contributed by atoms with E-state index in [4.69, 9.17) is 0 Å². The number of carbonyl (C=O) groups excluding carboxylic acids is 2. The first-order valence-electron chi connectivity index (χ1n) is 10.2. The van der Waals surface area contributed by atoms with Crippen LogP contribution in [0.3, 0.4) is 0 Å². The lowest BCUT2D eigenvalue weighted by atomic mass is 9.92. The van der Waals surface area contributed by atoms with Crippen molar-refractivity contribution in [1.82, 2.24) is 9.47 Å². The average molecular weight is 452 g/mol. The molecule has 0 N–H and O–H groups in total. The molecule has 0 saturated carbocycles. The number of hydrogen-bond donors (Lipinski definition) is 0. The van der Waals surface area contributed by atoms with Crippen LogP contribution in [0.15, 0.2) is 23.2 Å². The molecule has 2 aromatic rings. The molecule has 9 heteroatoms. The van der Waals surface area contributed by atoms with E-state index < -0.39 is 33.2 Å². The van der Waals surface area contributed by atoms with Crippen LogP contribution in [0.2, 0.25) is 0 Å². The second kappa shape index (κ2) is 9.01. The Kier molecular flexibility index (Phi) is 6.81. The van der Waals surface area contributed by atoms with E-state index in [1.807, 2.05) is 36.6 Å². The topological polar surface area (TPSA) is 88.8 Å². The van der Waals surface area contributed by atoms with Gasteiger partial charge in [-0.25, -0.2) is 8.42 Å². The van der Waals surface area contributed by atoms with Crippen LogP contribution in [0.1, 0.15) is 32.8 Å². The van der Waals surface area contributed by atoms with Crippen molar-refractivity contribution in [3.63, 3.8) is 0 Å². The molecule has 1 aliphatic rings. The lowest BCUT2D eigenvalue weighted by molar-refractivity contribution is -0.131. The smallest absolute Gasteiger partial charge is 0.263 e. The van der Waals surface area contributed by atoms with E-state index in [2.05, 4.69) is 18.8 Å². The molecule has 2 atom stereocenters. The second-order valence-electron chi connectivity index (χ2n) is 8.38. The maximum atomic E-state index is 12.5. The van der Waals surface area contributed by atoms with Crippen molar-refractivity contribution in [3.05, 3.63) is 28.6 Å². The van der Waals surface area contributed by atoms with Gasteiger partial charge in [0, 0.05) is 19.6 Å². The molecule has 2 heterocycles. The molecule has 2 unspecified atom stereocenters. The summed E-state index contributed by atoms with van der Waals surface area (Å²) < 4.78 is 27.9. The Bertz CT molecular complexity index is 1120. The first-order valence-corrected chi connectivity index (χ1v) is 12.9. The number of likely N-dealkylation sites (tertiary alicyclic amines) is 1. The molecule has 1 aromatic heterocycles. The molecule has 30 heavy (non-hydrogen) atoms. The molecule has 2 amide bonds. The lowest BCUT2D eigenvalue weighted by Gasteiger charge is -2.34. The van der Waals surface area contributed by atoms with Crippen LogP contribution >= 0.6 is 11.3 Å². The summed E-state index contributed by atoms with van der Waals surface area (Å²) in [5.74, 6) is -1.88. The number of hydrogen-bond acceptors (Lipinski definition) is 5. The summed E-state index contributed by atoms with van der Waals surface area (Å²) in [6, 6.07) is 5.99. The summed E-state index contributed by atoms with van der Waals surface area (Å²) in [6.45, 7) is 9.80. The van der Waals surface area contributed by atoms with E-state index in [1.165, 1.54) is 11.3 Å². The predicted molar refractivity (Wildman–Crippen MR) is 119 cm³/mol. The van der Waals surface area contributed by atoms with Gasteiger partial charge in [0.1, 0.15) is 11.5 Å². The van der Waals surface area contributed by atoms with Gasteiger partial charge < -0.3 is 9.47 Å². The maximum Gasteiger partial charge on any atom is 0.263 e. The Labute approximate surface area is 181 Å². The number of piperidine rings is 1. The third-order valence-corrected chi connectivity index (χ3v) is 7.70. The van der Waals surface area contributed by atoms with Gasteiger partial charge in [-0.05, 0) is 49.8 Å². The Morgan fingerprint density at radius 1 is 1.17 bits per heavy atom. The van der Waals surface area contributed by atoms with Gasteiger partial charge in [-0.2, -0.15) is 4.99 Å². The van der Waals surface area contributed by atoms with Gasteiger partial charge in [0.05, 0.1) is 10.2 Å². The highest BCUT2D eigenvalue weighted by atomic mass is 32.2. The third kappa shape index (κ3) is 5.37. The number of aromatic nitrogens is 1. The molecule has 0 bridgehead atoms. The molecule has 3 rings (SSSR count). The van der Waals surface area contributed by atoms with Crippen LogP contribution in [-0.4, -0.2) is 54.3 Å². The van der Waals surface area contributed by atoms with Crippen LogP contribution in [0.25, 0.3) is 10.2 Å². The SMILES string of the molecule is CCn1c(=NC(=O)CS(=O)(=O)CC(=O)N2CC(C)CC(C)C2)sc2cc(C)ccc21. The number of sulfone groups is 1. The monoisotopic (exact) mass is 451 g/mol. The van der Waals surface area contributed by atoms with Crippen LogP contribution in [0.5, 0.6) is 0 Å². The third-order valence-electron chi connectivity index (χ3n) is 5.28. The van der Waals surface area contributed by atoms with E-state index in [0.29, 0.717) is 36.3 Å². The summed E-state index contributed by atoms with van der Waals surface area (Å²) in [5.41, 5.74) is 2.07. The van der Waals surface area contributed by atoms with Crippen LogP contribution in [0, 0.1) is 18.8 Å². The zero-order chi connectivity index (χ0) is 22.1. The van der Waals surface area contributed by atoms with Crippen molar-refractivity contribution in [2.75, 3.05) is 24.6 Å². The van der Waals surface area contributed by atoms with Crippen molar-refractivity contribution in [2.24, 2.45) is 16.8 Å². The summed E-state index contributed by atoms with van der Waals surface area (Å²) in [5, 5.41) is 0. The van der Waals surface area contributed by atoms with Gasteiger partial charge >= 0.3 is 0 Å². The number of nitrogens with zero attached hydrogens (tertiary/aromatic N) is 3. The Hall–Kier alpha value is -2.00. The van der Waals surface area contributed by atoms with Gasteiger partial charge in [-0.15, -0.1) is 0 Å². The van der Waals surface area contributed by atoms with Crippen LogP contribution < -0.4 is 4.80 Å². The largest absolute Gasteiger partial charge is 0.341 e. The molecular formula is C21H29N3O4S2. The fraction of sp³-hybridized carbons (Fsp3) is 0.571. The predicted octanol–water partition coefficient (Wildman–Crippen LogP) is 2.38. The first kappa shape index (κ1) is 22.7. The minimum Gasteiger partial charge on any atom is -0.341 e. The molecule has 1 fully saturated rings. The van der Waals surface area contributed by atoms with Crippen molar-refractivity contribution in [3.8, 4) is 0 Å². The minimum atomic E-state index is -3.88. The number of carbonyl (C=O) groups is 2. The Morgan fingerprint density at radius 3 is 2.47 bits per heavy atom. The molecule has 0 aliphatic carbocycles. The quantitative estimate of drug-likeness (QED) is 0.698. The van der Waals surface area contributed by atoms with Gasteiger partial charge in [-0.1, -0.05) is 31.3 Å². The number of amides is 2. The Morgan fingerprint density at radius 2 is 1.83 bits per heavy atom. The van der Waals surface area contributed by atoms with Gasteiger partial charge in [0.25, 0.3) is 5.91 Å². The van der Waals surface area contributed by atoms with E-state index in [1.54, 1.807) is 4.90 Å². The molecule has 1 aromatic carbocycles. The molecular weight excluding hydrogens is 422 g/mol. The van der Waals surface area contributed by atoms with Crippen molar-refractivity contribution in [1.29, 1.82) is 0 Å². The number of rotatable bonds is 5. The number of benzene rings is 1. The molecule has 7 nitrogen and oxygen atoms in total. The standard InChI is InChI=1S/C21H29N3O4S2/c1-5-24-17-7-6-14(2)9-18(17)29-21(24)22-19(25)12-30(27,28)13-20(26)23-10-15(3)8-16(4)11-23/h6-7,9,15-16H,5,8,10-13H2,1-4H3. The normalized spacial score (nSPS) is 20.7. The number of fused-ring (bicyclic) bond motifs is 1. The summed E-state index contributed by atoms with van der Waals surface area (Å²) in [7, 11) is -3.88. The maximum absolute atomic E-state index is 12.5.